The van der Waals surface area contributed by atoms with E-state index in [1.54, 1.807) is 42.5 Å². The second-order valence-electron chi connectivity index (χ2n) is 8.97. The number of amides is 1. The molecule has 7 heteroatoms. The van der Waals surface area contributed by atoms with Crippen LogP contribution in [0.4, 0.5) is 5.69 Å². The first-order valence-corrected chi connectivity index (χ1v) is 13.4. The van der Waals surface area contributed by atoms with Crippen molar-refractivity contribution in [1.29, 1.82) is 0 Å². The van der Waals surface area contributed by atoms with Crippen molar-refractivity contribution >= 4 is 21.6 Å². The first-order valence-electron chi connectivity index (χ1n) is 12.0. The van der Waals surface area contributed by atoms with Crippen molar-refractivity contribution < 1.29 is 17.9 Å². The molecule has 0 radical (unpaired) electrons. The molecule has 1 amide bonds. The summed E-state index contributed by atoms with van der Waals surface area (Å²) in [6.45, 7) is 5.69. The number of hydrogen-bond donors (Lipinski definition) is 1. The standard InChI is InChI=1S/C28H32N2O4S/c1-4-28(5-2)19-24(23-16-10-12-18-26(23)34-28)29-27(31)20-30(25-17-11-9-13-21(25)3)35(32,33)22-14-7-6-8-15-22/h6-18,24H,4-5,19-20H2,1-3H3,(H,29,31)/t24-/m0/s1. The topological polar surface area (TPSA) is 75.7 Å². The van der Waals surface area contributed by atoms with Crippen molar-refractivity contribution in [2.75, 3.05) is 10.8 Å². The van der Waals surface area contributed by atoms with Crippen LogP contribution in [0.3, 0.4) is 0 Å². The van der Waals surface area contributed by atoms with Crippen LogP contribution in [0, 0.1) is 6.92 Å². The van der Waals surface area contributed by atoms with Gasteiger partial charge in [-0.05, 0) is 49.6 Å². The van der Waals surface area contributed by atoms with Gasteiger partial charge in [-0.3, -0.25) is 9.10 Å². The lowest BCUT2D eigenvalue weighted by molar-refractivity contribution is -0.121. The monoisotopic (exact) mass is 492 g/mol. The van der Waals surface area contributed by atoms with E-state index in [1.807, 2.05) is 43.3 Å². The van der Waals surface area contributed by atoms with Gasteiger partial charge in [0, 0.05) is 12.0 Å². The summed E-state index contributed by atoms with van der Waals surface area (Å²) in [6.07, 6.45) is 2.24. The summed E-state index contributed by atoms with van der Waals surface area (Å²) in [5, 5.41) is 3.12. The first-order chi connectivity index (χ1) is 16.8. The van der Waals surface area contributed by atoms with Crippen LogP contribution in [0.25, 0.3) is 0 Å². The van der Waals surface area contributed by atoms with E-state index < -0.39 is 10.0 Å². The maximum atomic E-state index is 13.6. The number of rotatable bonds is 8. The Morgan fingerprint density at radius 2 is 1.60 bits per heavy atom. The average Bonchev–Trinajstić information content (AvgIpc) is 2.88. The fraction of sp³-hybridized carbons (Fsp3) is 0.321. The summed E-state index contributed by atoms with van der Waals surface area (Å²) in [7, 11) is -3.96. The predicted molar refractivity (Wildman–Crippen MR) is 138 cm³/mol. The number of nitrogens with one attached hydrogen (secondary N) is 1. The lowest BCUT2D eigenvalue weighted by Crippen LogP contribution is -2.47. The van der Waals surface area contributed by atoms with Gasteiger partial charge in [0.1, 0.15) is 17.9 Å². The highest BCUT2D eigenvalue weighted by Crippen LogP contribution is 2.42. The van der Waals surface area contributed by atoms with Gasteiger partial charge < -0.3 is 10.1 Å². The van der Waals surface area contributed by atoms with Crippen molar-refractivity contribution in [2.24, 2.45) is 0 Å². The van der Waals surface area contributed by atoms with Crippen LogP contribution in [-0.4, -0.2) is 26.5 Å². The third-order valence-corrected chi connectivity index (χ3v) is 8.60. The number of aryl methyl sites for hydroxylation is 1. The summed E-state index contributed by atoms with van der Waals surface area (Å²) < 4.78 is 34.8. The molecular formula is C28H32N2O4S. The van der Waals surface area contributed by atoms with Gasteiger partial charge in [0.2, 0.25) is 5.91 Å². The number of para-hydroxylation sites is 2. The van der Waals surface area contributed by atoms with Gasteiger partial charge in [-0.15, -0.1) is 0 Å². The molecule has 0 aliphatic carbocycles. The molecule has 1 heterocycles. The van der Waals surface area contributed by atoms with Gasteiger partial charge in [0.15, 0.2) is 0 Å². The second kappa shape index (κ2) is 10.1. The van der Waals surface area contributed by atoms with Crippen molar-refractivity contribution in [3.63, 3.8) is 0 Å². The Labute approximate surface area is 208 Å². The summed E-state index contributed by atoms with van der Waals surface area (Å²) in [5.74, 6) is 0.399. The van der Waals surface area contributed by atoms with Gasteiger partial charge in [-0.25, -0.2) is 8.42 Å². The van der Waals surface area contributed by atoms with Gasteiger partial charge >= 0.3 is 0 Å². The molecule has 0 unspecified atom stereocenters. The lowest BCUT2D eigenvalue weighted by Gasteiger charge is -2.41. The Kier molecular flexibility index (Phi) is 7.17. The number of carbonyl (C=O) groups is 1. The molecule has 1 aliphatic rings. The van der Waals surface area contributed by atoms with Gasteiger partial charge in [0.25, 0.3) is 10.0 Å². The van der Waals surface area contributed by atoms with Crippen LogP contribution in [0.2, 0.25) is 0 Å². The molecule has 0 saturated heterocycles. The highest BCUT2D eigenvalue weighted by molar-refractivity contribution is 7.92. The average molecular weight is 493 g/mol. The number of hydrogen-bond acceptors (Lipinski definition) is 4. The van der Waals surface area contributed by atoms with E-state index in [4.69, 9.17) is 4.74 Å². The van der Waals surface area contributed by atoms with Crippen LogP contribution >= 0.6 is 0 Å². The Morgan fingerprint density at radius 1 is 0.971 bits per heavy atom. The van der Waals surface area contributed by atoms with E-state index >= 15 is 0 Å². The normalized spacial score (nSPS) is 16.6. The summed E-state index contributed by atoms with van der Waals surface area (Å²) in [5.41, 5.74) is 1.78. The molecule has 1 N–H and O–H groups in total. The smallest absolute Gasteiger partial charge is 0.264 e. The van der Waals surface area contributed by atoms with Gasteiger partial charge in [-0.2, -0.15) is 0 Å². The second-order valence-corrected chi connectivity index (χ2v) is 10.8. The molecule has 35 heavy (non-hydrogen) atoms. The number of benzene rings is 3. The van der Waals surface area contributed by atoms with E-state index in [1.165, 1.54) is 4.31 Å². The first kappa shape index (κ1) is 24.8. The molecule has 6 nitrogen and oxygen atoms in total. The Balaban J connectivity index is 1.66. The zero-order chi connectivity index (χ0) is 25.1. The van der Waals surface area contributed by atoms with Crippen LogP contribution in [0.15, 0.2) is 83.8 Å². The number of nitrogens with zero attached hydrogens (tertiary/aromatic N) is 1. The molecular weight excluding hydrogens is 460 g/mol. The fourth-order valence-corrected chi connectivity index (χ4v) is 6.17. The summed E-state index contributed by atoms with van der Waals surface area (Å²) in [4.78, 5) is 13.6. The molecule has 0 saturated carbocycles. The minimum absolute atomic E-state index is 0.142. The number of anilines is 1. The Bertz CT molecular complexity index is 1290. The number of carbonyl (C=O) groups excluding carboxylic acids is 1. The fourth-order valence-electron chi connectivity index (χ4n) is 4.66. The lowest BCUT2D eigenvalue weighted by atomic mass is 9.83. The minimum atomic E-state index is -3.96. The highest BCUT2D eigenvalue weighted by atomic mass is 32.2. The third-order valence-electron chi connectivity index (χ3n) is 6.82. The molecule has 0 aromatic heterocycles. The van der Waals surface area contributed by atoms with Crippen molar-refractivity contribution in [3.8, 4) is 5.75 Å². The largest absolute Gasteiger partial charge is 0.487 e. The minimum Gasteiger partial charge on any atom is -0.487 e. The van der Waals surface area contributed by atoms with E-state index in [9.17, 15) is 13.2 Å². The number of ether oxygens (including phenoxy) is 1. The molecule has 1 atom stereocenters. The van der Waals surface area contributed by atoms with Crippen molar-refractivity contribution in [2.45, 2.75) is 56.6 Å². The molecule has 0 spiro atoms. The van der Waals surface area contributed by atoms with E-state index in [0.717, 1.165) is 29.7 Å². The maximum Gasteiger partial charge on any atom is 0.264 e. The van der Waals surface area contributed by atoms with E-state index in [2.05, 4.69) is 19.2 Å². The molecule has 184 valence electrons. The number of fused-ring (bicyclic) bond motifs is 1. The predicted octanol–water partition coefficient (Wildman–Crippen LogP) is 5.39. The summed E-state index contributed by atoms with van der Waals surface area (Å²) in [6, 6.07) is 22.9. The van der Waals surface area contributed by atoms with Gasteiger partial charge in [-0.1, -0.05) is 68.4 Å². The zero-order valence-corrected chi connectivity index (χ0v) is 21.2. The number of sulfonamides is 1. The van der Waals surface area contributed by atoms with Crippen LogP contribution in [-0.2, 0) is 14.8 Å². The molecule has 0 fully saturated rings. The molecule has 3 aromatic rings. The Hall–Kier alpha value is -3.32. The van der Waals surface area contributed by atoms with Crippen LogP contribution in [0.5, 0.6) is 5.75 Å². The van der Waals surface area contributed by atoms with Crippen LogP contribution in [0.1, 0.15) is 50.3 Å². The van der Waals surface area contributed by atoms with E-state index in [-0.39, 0.29) is 29.0 Å². The Morgan fingerprint density at radius 3 is 2.29 bits per heavy atom. The molecule has 1 aliphatic heterocycles. The summed E-state index contributed by atoms with van der Waals surface area (Å²) >= 11 is 0. The zero-order valence-electron chi connectivity index (χ0n) is 20.4. The van der Waals surface area contributed by atoms with Crippen molar-refractivity contribution in [1.82, 2.24) is 5.32 Å². The SMILES string of the molecule is CCC1(CC)C[C@H](NC(=O)CN(c2ccccc2C)S(=O)(=O)c2ccccc2)c2ccccc2O1. The third kappa shape index (κ3) is 5.05. The molecule has 0 bridgehead atoms. The quantitative estimate of drug-likeness (QED) is 0.458. The van der Waals surface area contributed by atoms with Gasteiger partial charge in [0.05, 0.1) is 16.6 Å². The maximum absolute atomic E-state index is 13.6. The van der Waals surface area contributed by atoms with E-state index in [0.29, 0.717) is 12.1 Å². The van der Waals surface area contributed by atoms with Crippen molar-refractivity contribution in [3.05, 3.63) is 90.0 Å². The van der Waals surface area contributed by atoms with Crippen LogP contribution < -0.4 is 14.4 Å². The molecule has 4 rings (SSSR count). The molecule has 3 aromatic carbocycles. The highest BCUT2D eigenvalue weighted by Gasteiger charge is 2.39.